The number of hydrogen-bond donors (Lipinski definition) is 1. The number of aromatic nitrogens is 3. The SMILES string of the molecule is COCCn1ncc(Cl)c1C(O)c1ccnc(Cl)c1. The van der Waals surface area contributed by atoms with Crippen LogP contribution in [-0.2, 0) is 11.3 Å². The minimum absolute atomic E-state index is 0.315. The highest BCUT2D eigenvalue weighted by Crippen LogP contribution is 2.28. The zero-order chi connectivity index (χ0) is 13.8. The molecule has 0 aliphatic carbocycles. The van der Waals surface area contributed by atoms with Crippen LogP contribution in [0.2, 0.25) is 10.2 Å². The molecule has 7 heteroatoms. The van der Waals surface area contributed by atoms with E-state index in [1.807, 2.05) is 0 Å². The second-order valence-electron chi connectivity index (χ2n) is 3.91. The Balaban J connectivity index is 2.32. The van der Waals surface area contributed by atoms with Gasteiger partial charge in [0.15, 0.2) is 0 Å². The van der Waals surface area contributed by atoms with E-state index in [0.717, 1.165) is 0 Å². The quantitative estimate of drug-likeness (QED) is 0.861. The van der Waals surface area contributed by atoms with Crippen molar-refractivity contribution < 1.29 is 9.84 Å². The van der Waals surface area contributed by atoms with Crippen LogP contribution >= 0.6 is 23.2 Å². The summed E-state index contributed by atoms with van der Waals surface area (Å²) in [4.78, 5) is 3.88. The van der Waals surface area contributed by atoms with Gasteiger partial charge >= 0.3 is 0 Å². The summed E-state index contributed by atoms with van der Waals surface area (Å²) >= 11 is 11.9. The molecule has 1 N–H and O–H groups in total. The minimum Gasteiger partial charge on any atom is -0.383 e. The summed E-state index contributed by atoms with van der Waals surface area (Å²) in [6.07, 6.45) is 2.12. The molecule has 1 unspecified atom stereocenters. The fourth-order valence-corrected chi connectivity index (χ4v) is 2.17. The van der Waals surface area contributed by atoms with Crippen LogP contribution in [0.15, 0.2) is 24.5 Å². The Bertz CT molecular complexity index is 560. The molecule has 5 nitrogen and oxygen atoms in total. The van der Waals surface area contributed by atoms with Gasteiger partial charge in [-0.3, -0.25) is 4.68 Å². The van der Waals surface area contributed by atoms with Crippen LogP contribution in [0.3, 0.4) is 0 Å². The first-order valence-electron chi connectivity index (χ1n) is 5.63. The number of halogens is 2. The lowest BCUT2D eigenvalue weighted by atomic mass is 10.1. The maximum Gasteiger partial charge on any atom is 0.129 e. The second kappa shape index (κ2) is 6.34. The van der Waals surface area contributed by atoms with Crippen LogP contribution in [0.25, 0.3) is 0 Å². The van der Waals surface area contributed by atoms with Gasteiger partial charge in [-0.15, -0.1) is 0 Å². The van der Waals surface area contributed by atoms with Crippen molar-refractivity contribution in [3.63, 3.8) is 0 Å². The van der Waals surface area contributed by atoms with Gasteiger partial charge in [-0.1, -0.05) is 23.2 Å². The van der Waals surface area contributed by atoms with Crippen molar-refractivity contribution in [2.24, 2.45) is 0 Å². The monoisotopic (exact) mass is 301 g/mol. The lowest BCUT2D eigenvalue weighted by molar-refractivity contribution is 0.171. The average molecular weight is 302 g/mol. The van der Waals surface area contributed by atoms with Gasteiger partial charge < -0.3 is 9.84 Å². The third-order valence-corrected chi connectivity index (χ3v) is 3.16. The summed E-state index contributed by atoms with van der Waals surface area (Å²) in [6.45, 7) is 0.989. The van der Waals surface area contributed by atoms with Crippen LogP contribution in [0.4, 0.5) is 0 Å². The van der Waals surface area contributed by atoms with E-state index in [4.69, 9.17) is 27.9 Å². The largest absolute Gasteiger partial charge is 0.383 e. The van der Waals surface area contributed by atoms with Crippen molar-refractivity contribution in [1.29, 1.82) is 0 Å². The van der Waals surface area contributed by atoms with Crippen molar-refractivity contribution in [2.45, 2.75) is 12.6 Å². The van der Waals surface area contributed by atoms with Gasteiger partial charge in [0.1, 0.15) is 11.3 Å². The molecule has 0 fully saturated rings. The predicted molar refractivity (Wildman–Crippen MR) is 72.4 cm³/mol. The molecule has 0 radical (unpaired) electrons. The Morgan fingerprint density at radius 2 is 2.26 bits per heavy atom. The highest BCUT2D eigenvalue weighted by Gasteiger charge is 2.20. The number of aliphatic hydroxyl groups is 1. The standard InChI is InChI=1S/C12H13Cl2N3O2/c1-19-5-4-17-11(9(13)7-16-17)12(18)8-2-3-15-10(14)6-8/h2-3,6-7,12,18H,4-5H2,1H3. The van der Waals surface area contributed by atoms with E-state index in [-0.39, 0.29) is 0 Å². The Morgan fingerprint density at radius 1 is 1.47 bits per heavy atom. The zero-order valence-electron chi connectivity index (χ0n) is 10.3. The maximum absolute atomic E-state index is 10.4. The normalized spacial score (nSPS) is 12.6. The molecule has 0 aliphatic rings. The van der Waals surface area contributed by atoms with E-state index in [2.05, 4.69) is 10.1 Å². The number of methoxy groups -OCH3 is 1. The van der Waals surface area contributed by atoms with Crippen molar-refractivity contribution >= 4 is 23.2 Å². The Labute approximate surface area is 120 Å². The lowest BCUT2D eigenvalue weighted by Crippen LogP contribution is -2.13. The first-order chi connectivity index (χ1) is 9.13. The molecule has 0 aromatic carbocycles. The van der Waals surface area contributed by atoms with E-state index in [1.54, 1.807) is 23.9 Å². The summed E-state index contributed by atoms with van der Waals surface area (Å²) in [5.74, 6) is 0. The molecule has 102 valence electrons. The molecule has 0 aliphatic heterocycles. The van der Waals surface area contributed by atoms with Crippen LogP contribution in [-0.4, -0.2) is 33.6 Å². The molecule has 0 amide bonds. The topological polar surface area (TPSA) is 60.2 Å². The molecule has 0 spiro atoms. The lowest BCUT2D eigenvalue weighted by Gasteiger charge is -2.14. The third-order valence-electron chi connectivity index (χ3n) is 2.67. The minimum atomic E-state index is -0.910. The molecule has 1 atom stereocenters. The number of rotatable bonds is 5. The van der Waals surface area contributed by atoms with Gasteiger partial charge in [0.05, 0.1) is 30.1 Å². The summed E-state index contributed by atoms with van der Waals surface area (Å²) < 4.78 is 6.61. The summed E-state index contributed by atoms with van der Waals surface area (Å²) in [7, 11) is 1.60. The van der Waals surface area contributed by atoms with Crippen molar-refractivity contribution in [3.8, 4) is 0 Å². The first kappa shape index (κ1) is 14.3. The summed E-state index contributed by atoms with van der Waals surface area (Å²) in [5, 5.41) is 15.2. The molecule has 0 saturated heterocycles. The molecule has 2 aromatic heterocycles. The van der Waals surface area contributed by atoms with E-state index in [0.29, 0.717) is 34.6 Å². The van der Waals surface area contributed by atoms with Crippen molar-refractivity contribution in [2.75, 3.05) is 13.7 Å². The fraction of sp³-hybridized carbons (Fsp3) is 0.333. The predicted octanol–water partition coefficient (Wildman–Crippen LogP) is 2.31. The summed E-state index contributed by atoms with van der Waals surface area (Å²) in [5.41, 5.74) is 1.13. The number of hydrogen-bond acceptors (Lipinski definition) is 4. The van der Waals surface area contributed by atoms with Crippen molar-refractivity contribution in [1.82, 2.24) is 14.8 Å². The van der Waals surface area contributed by atoms with Gasteiger partial charge in [-0.25, -0.2) is 4.98 Å². The molecule has 2 aromatic rings. The van der Waals surface area contributed by atoms with E-state index in [1.165, 1.54) is 12.4 Å². The zero-order valence-corrected chi connectivity index (χ0v) is 11.8. The molecule has 19 heavy (non-hydrogen) atoms. The van der Waals surface area contributed by atoms with Gasteiger partial charge in [0.2, 0.25) is 0 Å². The molecule has 2 heterocycles. The van der Waals surface area contributed by atoms with Crippen LogP contribution in [0.1, 0.15) is 17.4 Å². The Hall–Kier alpha value is -1.14. The number of ether oxygens (including phenoxy) is 1. The maximum atomic E-state index is 10.4. The molecule has 0 bridgehead atoms. The highest BCUT2D eigenvalue weighted by atomic mass is 35.5. The van der Waals surface area contributed by atoms with E-state index >= 15 is 0 Å². The fourth-order valence-electron chi connectivity index (χ4n) is 1.75. The van der Waals surface area contributed by atoms with Gasteiger partial charge in [-0.2, -0.15) is 5.10 Å². The number of nitrogens with zero attached hydrogens (tertiary/aromatic N) is 3. The third kappa shape index (κ3) is 3.25. The summed E-state index contributed by atoms with van der Waals surface area (Å²) in [6, 6.07) is 3.27. The molecule has 2 rings (SSSR count). The van der Waals surface area contributed by atoms with Crippen LogP contribution in [0, 0.1) is 0 Å². The molecule has 0 saturated carbocycles. The molecular weight excluding hydrogens is 289 g/mol. The van der Waals surface area contributed by atoms with E-state index in [9.17, 15) is 5.11 Å². The highest BCUT2D eigenvalue weighted by molar-refractivity contribution is 6.31. The van der Waals surface area contributed by atoms with Crippen LogP contribution in [0.5, 0.6) is 0 Å². The first-order valence-corrected chi connectivity index (χ1v) is 6.38. The van der Waals surface area contributed by atoms with E-state index < -0.39 is 6.10 Å². The van der Waals surface area contributed by atoms with Gasteiger partial charge in [-0.05, 0) is 17.7 Å². The number of aliphatic hydroxyl groups excluding tert-OH is 1. The van der Waals surface area contributed by atoms with Crippen LogP contribution < -0.4 is 0 Å². The Kier molecular flexibility index (Phi) is 4.76. The average Bonchev–Trinajstić information content (AvgIpc) is 2.76. The smallest absolute Gasteiger partial charge is 0.129 e. The second-order valence-corrected chi connectivity index (χ2v) is 4.70. The van der Waals surface area contributed by atoms with Gasteiger partial charge in [0, 0.05) is 13.3 Å². The Morgan fingerprint density at radius 3 is 2.95 bits per heavy atom. The van der Waals surface area contributed by atoms with Gasteiger partial charge in [0.25, 0.3) is 0 Å². The molecular formula is C12H13Cl2N3O2. The van der Waals surface area contributed by atoms with Crippen molar-refractivity contribution in [3.05, 3.63) is 46.0 Å². The number of pyridine rings is 1.